The van der Waals surface area contributed by atoms with Gasteiger partial charge in [0.15, 0.2) is 11.6 Å². The molecule has 0 radical (unpaired) electrons. The Morgan fingerprint density at radius 1 is 1.22 bits per heavy atom. The van der Waals surface area contributed by atoms with E-state index in [0.717, 1.165) is 6.07 Å². The lowest BCUT2D eigenvalue weighted by molar-refractivity contribution is 0.0489. The Bertz CT molecular complexity index is 587. The predicted octanol–water partition coefficient (Wildman–Crippen LogP) is 3.07. The highest BCUT2D eigenvalue weighted by molar-refractivity contribution is 5.68. The van der Waals surface area contributed by atoms with Crippen LogP contribution in [-0.2, 0) is 4.74 Å². The van der Waals surface area contributed by atoms with E-state index in [9.17, 15) is 18.0 Å². The van der Waals surface area contributed by atoms with Crippen molar-refractivity contribution in [3.05, 3.63) is 35.1 Å². The summed E-state index contributed by atoms with van der Waals surface area (Å²) in [6, 6.07) is 0.930. The molecule has 1 aromatic carbocycles. The number of hydrogen-bond acceptors (Lipinski definition) is 3. The van der Waals surface area contributed by atoms with E-state index in [1.54, 1.807) is 20.8 Å². The molecular formula is C16H21F3N2O2. The van der Waals surface area contributed by atoms with Crippen LogP contribution in [0.15, 0.2) is 12.1 Å². The van der Waals surface area contributed by atoms with Crippen LogP contribution in [0.2, 0.25) is 0 Å². The summed E-state index contributed by atoms with van der Waals surface area (Å²) in [5.41, 5.74) is -0.596. The molecule has 0 aliphatic carbocycles. The number of nitrogens with one attached hydrogen (secondary N) is 2. The van der Waals surface area contributed by atoms with Gasteiger partial charge in [0.25, 0.3) is 0 Å². The van der Waals surface area contributed by atoms with Gasteiger partial charge in [0.1, 0.15) is 11.4 Å². The first-order valence-electron chi connectivity index (χ1n) is 7.52. The van der Waals surface area contributed by atoms with Crippen LogP contribution in [0, 0.1) is 17.5 Å². The maximum absolute atomic E-state index is 14.0. The maximum atomic E-state index is 14.0. The Morgan fingerprint density at radius 3 is 2.52 bits per heavy atom. The van der Waals surface area contributed by atoms with Crippen molar-refractivity contribution in [2.24, 2.45) is 0 Å². The number of hydrogen-bond donors (Lipinski definition) is 2. The molecule has 4 nitrogen and oxygen atoms in total. The Kier molecular flexibility index (Phi) is 5.19. The lowest BCUT2D eigenvalue weighted by Gasteiger charge is -2.34. The van der Waals surface area contributed by atoms with Gasteiger partial charge >= 0.3 is 6.09 Å². The van der Waals surface area contributed by atoms with Crippen molar-refractivity contribution in [1.29, 1.82) is 0 Å². The van der Waals surface area contributed by atoms with E-state index < -0.39 is 41.1 Å². The molecule has 7 heteroatoms. The number of piperidine rings is 1. The van der Waals surface area contributed by atoms with Gasteiger partial charge in [0.2, 0.25) is 0 Å². The van der Waals surface area contributed by atoms with Crippen LogP contribution in [0.3, 0.4) is 0 Å². The van der Waals surface area contributed by atoms with Gasteiger partial charge in [-0.1, -0.05) is 0 Å². The zero-order valence-corrected chi connectivity index (χ0v) is 13.4. The molecule has 2 N–H and O–H groups in total. The first-order valence-corrected chi connectivity index (χ1v) is 7.52. The molecule has 1 saturated heterocycles. The number of amides is 1. The molecule has 0 saturated carbocycles. The second-order valence-corrected chi connectivity index (χ2v) is 6.64. The van der Waals surface area contributed by atoms with E-state index >= 15 is 0 Å². The van der Waals surface area contributed by atoms with Crippen molar-refractivity contribution in [1.82, 2.24) is 10.6 Å². The van der Waals surface area contributed by atoms with Crippen LogP contribution in [0.5, 0.6) is 0 Å². The van der Waals surface area contributed by atoms with Crippen LogP contribution in [-0.4, -0.2) is 30.8 Å². The fraction of sp³-hybridized carbons (Fsp3) is 0.562. The Hall–Kier alpha value is -1.76. The molecule has 0 bridgehead atoms. The highest BCUT2D eigenvalue weighted by Gasteiger charge is 2.31. The SMILES string of the molecule is CC(C)(C)OC(=O)N[C@H]1CNCC[C@@H]1c1cc(F)c(F)cc1F. The Morgan fingerprint density at radius 2 is 1.87 bits per heavy atom. The average molecular weight is 330 g/mol. The Labute approximate surface area is 133 Å². The molecule has 1 fully saturated rings. The molecule has 0 aromatic heterocycles. The fourth-order valence-corrected chi connectivity index (χ4v) is 2.66. The summed E-state index contributed by atoms with van der Waals surface area (Å²) in [4.78, 5) is 11.9. The van der Waals surface area contributed by atoms with E-state index in [0.29, 0.717) is 25.6 Å². The minimum atomic E-state index is -1.23. The molecule has 128 valence electrons. The number of rotatable bonds is 2. The predicted molar refractivity (Wildman–Crippen MR) is 79.7 cm³/mol. The first-order chi connectivity index (χ1) is 10.7. The molecular weight excluding hydrogens is 309 g/mol. The van der Waals surface area contributed by atoms with Crippen LogP contribution in [0.25, 0.3) is 0 Å². The third-order valence-corrected chi connectivity index (χ3v) is 3.62. The molecule has 0 spiro atoms. The molecule has 1 aromatic rings. The Balaban J connectivity index is 2.19. The molecule has 1 amide bonds. The van der Waals surface area contributed by atoms with E-state index in [-0.39, 0.29) is 5.56 Å². The number of benzene rings is 1. The monoisotopic (exact) mass is 330 g/mol. The normalized spacial score (nSPS) is 21.8. The number of carbonyl (C=O) groups is 1. The summed E-state index contributed by atoms with van der Waals surface area (Å²) in [6.07, 6.45) is -0.137. The van der Waals surface area contributed by atoms with Crippen molar-refractivity contribution in [3.63, 3.8) is 0 Å². The quantitative estimate of drug-likeness (QED) is 0.820. The van der Waals surface area contributed by atoms with Gasteiger partial charge in [0.05, 0.1) is 6.04 Å². The van der Waals surface area contributed by atoms with Crippen molar-refractivity contribution in [3.8, 4) is 0 Å². The maximum Gasteiger partial charge on any atom is 0.407 e. The summed E-state index contributed by atoms with van der Waals surface area (Å²) in [7, 11) is 0. The van der Waals surface area contributed by atoms with Crippen LogP contribution >= 0.6 is 0 Å². The molecule has 1 heterocycles. The van der Waals surface area contributed by atoms with Crippen molar-refractivity contribution < 1.29 is 22.7 Å². The fourth-order valence-electron chi connectivity index (χ4n) is 2.66. The van der Waals surface area contributed by atoms with Crippen molar-refractivity contribution in [2.45, 2.75) is 44.8 Å². The second kappa shape index (κ2) is 6.78. The van der Waals surface area contributed by atoms with Gasteiger partial charge in [-0.05, 0) is 45.4 Å². The summed E-state index contributed by atoms with van der Waals surface area (Å²) in [5.74, 6) is -3.60. The zero-order valence-electron chi connectivity index (χ0n) is 13.4. The van der Waals surface area contributed by atoms with E-state index in [1.165, 1.54) is 0 Å². The van der Waals surface area contributed by atoms with Gasteiger partial charge in [-0.15, -0.1) is 0 Å². The second-order valence-electron chi connectivity index (χ2n) is 6.64. The highest BCUT2D eigenvalue weighted by atomic mass is 19.2. The minimum absolute atomic E-state index is 0.0615. The molecule has 1 aliphatic heterocycles. The highest BCUT2D eigenvalue weighted by Crippen LogP contribution is 2.29. The third-order valence-electron chi connectivity index (χ3n) is 3.62. The molecule has 0 unspecified atom stereocenters. The number of halogens is 3. The van der Waals surface area contributed by atoms with Gasteiger partial charge in [-0.3, -0.25) is 0 Å². The van der Waals surface area contributed by atoms with Crippen LogP contribution in [0.1, 0.15) is 38.7 Å². The summed E-state index contributed by atoms with van der Waals surface area (Å²) in [5, 5.41) is 5.77. The topological polar surface area (TPSA) is 50.4 Å². The standard InChI is InChI=1S/C16H21F3N2O2/c1-16(2,3)23-15(22)21-14-8-20-5-4-9(14)10-6-12(18)13(19)7-11(10)17/h6-7,9,14,20H,4-5,8H2,1-3H3,(H,21,22)/t9-,14+/m1/s1. The van der Waals surface area contributed by atoms with Gasteiger partial charge in [-0.25, -0.2) is 18.0 Å². The van der Waals surface area contributed by atoms with E-state index in [4.69, 9.17) is 4.74 Å². The zero-order chi connectivity index (χ0) is 17.2. The van der Waals surface area contributed by atoms with E-state index in [2.05, 4.69) is 10.6 Å². The van der Waals surface area contributed by atoms with Crippen LogP contribution < -0.4 is 10.6 Å². The van der Waals surface area contributed by atoms with Gasteiger partial charge < -0.3 is 15.4 Å². The number of carbonyl (C=O) groups excluding carboxylic acids is 1. The van der Waals surface area contributed by atoms with Gasteiger partial charge in [-0.2, -0.15) is 0 Å². The summed E-state index contributed by atoms with van der Waals surface area (Å²) >= 11 is 0. The molecule has 2 atom stereocenters. The average Bonchev–Trinajstić information content (AvgIpc) is 2.41. The smallest absolute Gasteiger partial charge is 0.407 e. The molecule has 1 aliphatic rings. The molecule has 2 rings (SSSR count). The largest absolute Gasteiger partial charge is 0.444 e. The number of alkyl carbamates (subject to hydrolysis) is 1. The molecule has 23 heavy (non-hydrogen) atoms. The summed E-state index contributed by atoms with van der Waals surface area (Å²) < 4.78 is 45.8. The lowest BCUT2D eigenvalue weighted by atomic mass is 9.85. The lowest BCUT2D eigenvalue weighted by Crippen LogP contribution is -2.51. The van der Waals surface area contributed by atoms with Crippen molar-refractivity contribution in [2.75, 3.05) is 13.1 Å². The minimum Gasteiger partial charge on any atom is -0.444 e. The van der Waals surface area contributed by atoms with E-state index in [1.807, 2.05) is 0 Å². The van der Waals surface area contributed by atoms with Gasteiger partial charge in [0, 0.05) is 18.5 Å². The summed E-state index contributed by atoms with van der Waals surface area (Å²) in [6.45, 7) is 6.19. The first kappa shape index (κ1) is 17.6. The van der Waals surface area contributed by atoms with Crippen molar-refractivity contribution >= 4 is 6.09 Å². The third kappa shape index (κ3) is 4.60. The number of ether oxygens (including phenoxy) is 1. The van der Waals surface area contributed by atoms with Crippen LogP contribution in [0.4, 0.5) is 18.0 Å².